The van der Waals surface area contributed by atoms with Gasteiger partial charge in [-0.25, -0.2) is 0 Å². The molecule has 0 bridgehead atoms. The van der Waals surface area contributed by atoms with E-state index in [0.717, 1.165) is 8.66 Å². The molecule has 0 saturated heterocycles. The SMILES string of the molecule is COc1ccccc1NC(=O)C=Cc1ccc(Br)s1. The lowest BCUT2D eigenvalue weighted by molar-refractivity contribution is -0.111. The molecule has 98 valence electrons. The highest BCUT2D eigenvalue weighted by Gasteiger charge is 2.03. The van der Waals surface area contributed by atoms with E-state index in [9.17, 15) is 4.79 Å². The number of nitrogens with one attached hydrogen (secondary N) is 1. The minimum Gasteiger partial charge on any atom is -0.495 e. The summed E-state index contributed by atoms with van der Waals surface area (Å²) in [7, 11) is 1.57. The van der Waals surface area contributed by atoms with Gasteiger partial charge in [0, 0.05) is 11.0 Å². The molecule has 0 aliphatic carbocycles. The van der Waals surface area contributed by atoms with Crippen LogP contribution in [0, 0.1) is 0 Å². The molecule has 1 heterocycles. The molecule has 0 unspecified atom stereocenters. The monoisotopic (exact) mass is 337 g/mol. The number of benzene rings is 1. The molecule has 0 radical (unpaired) electrons. The molecule has 1 aromatic heterocycles. The average molecular weight is 338 g/mol. The van der Waals surface area contributed by atoms with Crippen LogP contribution in [-0.4, -0.2) is 13.0 Å². The largest absolute Gasteiger partial charge is 0.495 e. The molecule has 5 heteroatoms. The predicted molar refractivity (Wildman–Crippen MR) is 82.7 cm³/mol. The van der Waals surface area contributed by atoms with E-state index < -0.39 is 0 Å². The number of thiophene rings is 1. The van der Waals surface area contributed by atoms with Crippen molar-refractivity contribution in [2.45, 2.75) is 0 Å². The van der Waals surface area contributed by atoms with Gasteiger partial charge >= 0.3 is 0 Å². The normalized spacial score (nSPS) is 10.6. The van der Waals surface area contributed by atoms with E-state index in [1.807, 2.05) is 24.3 Å². The van der Waals surface area contributed by atoms with Gasteiger partial charge < -0.3 is 10.1 Å². The van der Waals surface area contributed by atoms with Crippen molar-refractivity contribution >= 4 is 44.9 Å². The highest BCUT2D eigenvalue weighted by atomic mass is 79.9. The van der Waals surface area contributed by atoms with Crippen molar-refractivity contribution < 1.29 is 9.53 Å². The van der Waals surface area contributed by atoms with E-state index in [-0.39, 0.29) is 5.91 Å². The van der Waals surface area contributed by atoms with Gasteiger partial charge in [-0.1, -0.05) is 12.1 Å². The van der Waals surface area contributed by atoms with Gasteiger partial charge in [-0.3, -0.25) is 4.79 Å². The lowest BCUT2D eigenvalue weighted by atomic mass is 10.3. The third-order valence-electron chi connectivity index (χ3n) is 2.36. The number of rotatable bonds is 4. The topological polar surface area (TPSA) is 38.3 Å². The molecule has 2 aromatic rings. The maximum Gasteiger partial charge on any atom is 0.248 e. The van der Waals surface area contributed by atoms with Gasteiger partial charge in [-0.05, 0) is 46.3 Å². The first-order valence-electron chi connectivity index (χ1n) is 5.56. The average Bonchev–Trinajstić information content (AvgIpc) is 2.83. The Balaban J connectivity index is 2.03. The summed E-state index contributed by atoms with van der Waals surface area (Å²) < 4.78 is 6.21. The van der Waals surface area contributed by atoms with Gasteiger partial charge in [0.2, 0.25) is 5.91 Å². The van der Waals surface area contributed by atoms with Crippen molar-refractivity contribution in [2.75, 3.05) is 12.4 Å². The minimum atomic E-state index is -0.186. The van der Waals surface area contributed by atoms with Crippen LogP contribution in [0.1, 0.15) is 4.88 Å². The summed E-state index contributed by atoms with van der Waals surface area (Å²) in [6, 6.07) is 11.2. The summed E-state index contributed by atoms with van der Waals surface area (Å²) in [5, 5.41) is 2.78. The molecule has 1 amide bonds. The van der Waals surface area contributed by atoms with Crippen LogP contribution in [0.3, 0.4) is 0 Å². The molecule has 0 atom stereocenters. The Morgan fingerprint density at radius 3 is 2.79 bits per heavy atom. The third-order valence-corrected chi connectivity index (χ3v) is 3.95. The van der Waals surface area contributed by atoms with Gasteiger partial charge in [0.15, 0.2) is 0 Å². The minimum absolute atomic E-state index is 0.186. The molecule has 0 fully saturated rings. The lowest BCUT2D eigenvalue weighted by Crippen LogP contribution is -2.08. The van der Waals surface area contributed by atoms with Crippen LogP contribution in [-0.2, 0) is 4.79 Å². The van der Waals surface area contributed by atoms with Crippen LogP contribution in [0.2, 0.25) is 0 Å². The first-order valence-corrected chi connectivity index (χ1v) is 7.17. The quantitative estimate of drug-likeness (QED) is 0.850. The molecule has 1 aromatic carbocycles. The summed E-state index contributed by atoms with van der Waals surface area (Å²) in [4.78, 5) is 12.8. The van der Waals surface area contributed by atoms with Crippen LogP contribution in [0.15, 0.2) is 46.3 Å². The summed E-state index contributed by atoms with van der Waals surface area (Å²) in [6.45, 7) is 0. The maximum absolute atomic E-state index is 11.8. The molecule has 2 rings (SSSR count). The first-order chi connectivity index (χ1) is 9.19. The van der Waals surface area contributed by atoms with Crippen LogP contribution in [0.4, 0.5) is 5.69 Å². The Bertz CT molecular complexity index is 607. The van der Waals surface area contributed by atoms with Crippen LogP contribution in [0.25, 0.3) is 6.08 Å². The van der Waals surface area contributed by atoms with E-state index in [2.05, 4.69) is 21.2 Å². The fourth-order valence-corrected chi connectivity index (χ4v) is 2.82. The predicted octanol–water partition coefficient (Wildman–Crippen LogP) is 4.17. The number of ether oxygens (including phenoxy) is 1. The summed E-state index contributed by atoms with van der Waals surface area (Å²) in [5.74, 6) is 0.456. The lowest BCUT2D eigenvalue weighted by Gasteiger charge is -2.07. The van der Waals surface area contributed by atoms with E-state index in [0.29, 0.717) is 11.4 Å². The number of para-hydroxylation sites is 2. The maximum atomic E-state index is 11.8. The van der Waals surface area contributed by atoms with Crippen molar-refractivity contribution in [3.8, 4) is 5.75 Å². The number of carbonyl (C=O) groups is 1. The van der Waals surface area contributed by atoms with E-state index in [1.54, 1.807) is 36.7 Å². The summed E-state index contributed by atoms with van der Waals surface area (Å²) >= 11 is 4.95. The van der Waals surface area contributed by atoms with E-state index >= 15 is 0 Å². The number of methoxy groups -OCH3 is 1. The fourth-order valence-electron chi connectivity index (χ4n) is 1.50. The number of hydrogen-bond donors (Lipinski definition) is 1. The molecular formula is C14H12BrNO2S. The fraction of sp³-hybridized carbons (Fsp3) is 0.0714. The molecular weight excluding hydrogens is 326 g/mol. The Labute approximate surface area is 124 Å². The van der Waals surface area contributed by atoms with Crippen LogP contribution in [0.5, 0.6) is 5.75 Å². The van der Waals surface area contributed by atoms with E-state index in [1.165, 1.54) is 6.08 Å². The zero-order valence-electron chi connectivity index (χ0n) is 10.2. The number of halogens is 1. The third kappa shape index (κ3) is 3.94. The number of anilines is 1. The van der Waals surface area contributed by atoms with Crippen molar-refractivity contribution in [3.63, 3.8) is 0 Å². The summed E-state index contributed by atoms with van der Waals surface area (Å²) in [6.07, 6.45) is 3.28. The highest BCUT2D eigenvalue weighted by Crippen LogP contribution is 2.24. The Morgan fingerprint density at radius 1 is 1.32 bits per heavy atom. The van der Waals surface area contributed by atoms with Crippen molar-refractivity contribution in [1.82, 2.24) is 0 Å². The molecule has 3 nitrogen and oxygen atoms in total. The summed E-state index contributed by atoms with van der Waals surface area (Å²) in [5.41, 5.74) is 0.659. The number of amides is 1. The number of carbonyl (C=O) groups excluding carboxylic acids is 1. The molecule has 0 spiro atoms. The zero-order chi connectivity index (χ0) is 13.7. The van der Waals surface area contributed by atoms with Gasteiger partial charge in [0.05, 0.1) is 16.6 Å². The second kappa shape index (κ2) is 6.54. The number of hydrogen-bond acceptors (Lipinski definition) is 3. The van der Waals surface area contributed by atoms with Crippen LogP contribution < -0.4 is 10.1 Å². The molecule has 0 aliphatic rings. The molecule has 0 saturated carbocycles. The second-order valence-electron chi connectivity index (χ2n) is 3.66. The van der Waals surface area contributed by atoms with E-state index in [4.69, 9.17) is 4.74 Å². The molecule has 0 aliphatic heterocycles. The molecule has 1 N–H and O–H groups in total. The zero-order valence-corrected chi connectivity index (χ0v) is 12.6. The Morgan fingerprint density at radius 2 is 2.11 bits per heavy atom. The first kappa shape index (κ1) is 13.8. The Hall–Kier alpha value is -1.59. The van der Waals surface area contributed by atoms with Gasteiger partial charge in [-0.15, -0.1) is 11.3 Å². The van der Waals surface area contributed by atoms with Gasteiger partial charge in [-0.2, -0.15) is 0 Å². The Kier molecular flexibility index (Phi) is 4.76. The second-order valence-corrected chi connectivity index (χ2v) is 6.16. The van der Waals surface area contributed by atoms with Crippen LogP contribution >= 0.6 is 27.3 Å². The molecule has 19 heavy (non-hydrogen) atoms. The van der Waals surface area contributed by atoms with Gasteiger partial charge in [0.1, 0.15) is 5.75 Å². The smallest absolute Gasteiger partial charge is 0.248 e. The van der Waals surface area contributed by atoms with Crippen molar-refractivity contribution in [2.24, 2.45) is 0 Å². The highest BCUT2D eigenvalue weighted by molar-refractivity contribution is 9.11. The standard InChI is InChI=1S/C14H12BrNO2S/c1-18-12-5-3-2-4-11(12)16-14(17)9-7-10-6-8-13(15)19-10/h2-9H,1H3,(H,16,17). The van der Waals surface area contributed by atoms with Gasteiger partial charge in [0.25, 0.3) is 0 Å². The van der Waals surface area contributed by atoms with Crippen molar-refractivity contribution in [1.29, 1.82) is 0 Å². The van der Waals surface area contributed by atoms with Crippen molar-refractivity contribution in [3.05, 3.63) is 51.1 Å².